The van der Waals surface area contributed by atoms with Crippen LogP contribution in [0.1, 0.15) is 0 Å². The van der Waals surface area contributed by atoms with Gasteiger partial charge in [0.2, 0.25) is 5.71 Å². The Kier molecular flexibility index (Phi) is 6.48. The predicted octanol–water partition coefficient (Wildman–Crippen LogP) is 0.392. The van der Waals surface area contributed by atoms with Crippen molar-refractivity contribution in [2.24, 2.45) is 0 Å². The molecule has 244 valence electrons. The zero-order valence-corrected chi connectivity index (χ0v) is 25.7. The lowest BCUT2D eigenvalue weighted by atomic mass is 10.0. The number of rotatable bonds is 3. The first-order valence-corrected chi connectivity index (χ1v) is 16.9. The van der Waals surface area contributed by atoms with Crippen LogP contribution in [0.4, 0.5) is 28.6 Å². The summed E-state index contributed by atoms with van der Waals surface area (Å²) in [5.74, 6) is -0.590. The largest absolute Gasteiger partial charge is 0.432 e. The van der Waals surface area contributed by atoms with Gasteiger partial charge in [-0.15, -0.1) is 0 Å². The van der Waals surface area contributed by atoms with Crippen molar-refractivity contribution in [3.63, 3.8) is 0 Å². The van der Waals surface area contributed by atoms with E-state index in [9.17, 15) is 23.9 Å². The van der Waals surface area contributed by atoms with E-state index in [0.717, 1.165) is 0 Å². The van der Waals surface area contributed by atoms with Crippen molar-refractivity contribution in [1.29, 1.82) is 0 Å². The standard InChI is InChI=1S/C29H29N8O9P/c38-27-15-12-36(6-10-44-15)21-17(24(47(40,41)42)20-22(19(21)32-27)37-7-11-45-16(13-37)28(39)33-20)25-31-18-14-2-1-3-30-29(14)46-23(18)26(34-25)35-4-8-43-9-5-35/h1-3,15-16H,4-13H2,(H,32,38)(H,33,39)(H2,40,41,42). The summed E-state index contributed by atoms with van der Waals surface area (Å²) in [4.78, 5) is 69.3. The third-order valence-corrected chi connectivity index (χ3v) is 10.2. The zero-order valence-electron chi connectivity index (χ0n) is 24.8. The van der Waals surface area contributed by atoms with E-state index < -0.39 is 36.9 Å². The number of aromatic nitrogens is 3. The van der Waals surface area contributed by atoms with Crippen LogP contribution in [0.5, 0.6) is 0 Å². The Bertz CT molecular complexity index is 2040. The third-order valence-electron chi connectivity index (χ3n) is 9.17. The fraction of sp³-hybridized carbons (Fsp3) is 0.414. The van der Waals surface area contributed by atoms with Crippen molar-refractivity contribution in [2.45, 2.75) is 12.2 Å². The van der Waals surface area contributed by atoms with E-state index in [-0.39, 0.29) is 54.8 Å². The number of hydrogen-bond donors (Lipinski definition) is 4. The van der Waals surface area contributed by atoms with Gasteiger partial charge in [0.15, 0.2) is 29.4 Å². The van der Waals surface area contributed by atoms with Crippen LogP contribution in [0.25, 0.3) is 33.6 Å². The van der Waals surface area contributed by atoms with Gasteiger partial charge in [-0.3, -0.25) is 14.2 Å². The molecule has 3 aromatic heterocycles. The summed E-state index contributed by atoms with van der Waals surface area (Å²) in [5.41, 5.74) is 1.86. The van der Waals surface area contributed by atoms with Crippen molar-refractivity contribution in [3.8, 4) is 11.4 Å². The summed E-state index contributed by atoms with van der Waals surface area (Å²) in [6.07, 6.45) is -0.136. The summed E-state index contributed by atoms with van der Waals surface area (Å²) >= 11 is 0. The number of anilines is 5. The molecule has 0 saturated carbocycles. The second-order valence-electron chi connectivity index (χ2n) is 11.9. The van der Waals surface area contributed by atoms with Gasteiger partial charge in [-0.1, -0.05) is 0 Å². The maximum Gasteiger partial charge on any atom is 0.359 e. The fourth-order valence-electron chi connectivity index (χ4n) is 7.08. The van der Waals surface area contributed by atoms with E-state index >= 15 is 0 Å². The molecule has 2 amide bonds. The van der Waals surface area contributed by atoms with Gasteiger partial charge in [-0.05, 0) is 12.1 Å². The highest BCUT2D eigenvalue weighted by atomic mass is 31.2. The van der Waals surface area contributed by atoms with Gasteiger partial charge in [0, 0.05) is 32.4 Å². The molecule has 47 heavy (non-hydrogen) atoms. The highest BCUT2D eigenvalue weighted by Gasteiger charge is 2.46. The lowest BCUT2D eigenvalue weighted by Crippen LogP contribution is -2.46. The lowest BCUT2D eigenvalue weighted by Gasteiger charge is -2.36. The van der Waals surface area contributed by atoms with Gasteiger partial charge in [-0.25, -0.2) is 15.0 Å². The van der Waals surface area contributed by atoms with Crippen LogP contribution in [0.15, 0.2) is 22.7 Å². The van der Waals surface area contributed by atoms with Crippen LogP contribution in [-0.4, -0.2) is 114 Å². The van der Waals surface area contributed by atoms with Gasteiger partial charge in [-0.2, -0.15) is 0 Å². The fourth-order valence-corrected chi connectivity index (χ4v) is 8.03. The topological polar surface area (TPSA) is 205 Å². The minimum absolute atomic E-state index is 0.0107. The van der Waals surface area contributed by atoms with Crippen LogP contribution in [-0.2, 0) is 28.4 Å². The first-order valence-electron chi connectivity index (χ1n) is 15.3. The molecule has 4 aromatic rings. The van der Waals surface area contributed by atoms with Crippen LogP contribution in [0.2, 0.25) is 0 Å². The average molecular weight is 665 g/mol. The molecule has 18 heteroatoms. The minimum atomic E-state index is -5.22. The van der Waals surface area contributed by atoms with Crippen molar-refractivity contribution >= 4 is 75.5 Å². The number of amides is 2. The molecular formula is C29H29N8O9P. The second-order valence-corrected chi connectivity index (χ2v) is 13.4. The van der Waals surface area contributed by atoms with Gasteiger partial charge < -0.3 is 53.7 Å². The SMILES string of the molecule is O=C1Nc2c3c(c(P(=O)(O)O)c(-c4nc(N5CCOCC5)c5oc6ncccc6c5n4)c2N2CCOC1C2)NC(=O)C1CN3CCO1. The van der Waals surface area contributed by atoms with Crippen LogP contribution in [0, 0.1) is 0 Å². The molecule has 4 bridgehead atoms. The molecule has 5 aliphatic heterocycles. The number of nitrogens with one attached hydrogen (secondary N) is 2. The maximum absolute atomic E-state index is 13.8. The average Bonchev–Trinajstić information content (AvgIpc) is 3.38. The van der Waals surface area contributed by atoms with Crippen LogP contribution >= 0.6 is 7.60 Å². The van der Waals surface area contributed by atoms with Crippen LogP contribution in [0.3, 0.4) is 0 Å². The molecule has 8 heterocycles. The van der Waals surface area contributed by atoms with Crippen LogP contribution < -0.4 is 30.6 Å². The van der Waals surface area contributed by atoms with E-state index in [2.05, 4.69) is 15.6 Å². The quantitative estimate of drug-likeness (QED) is 0.219. The molecular weight excluding hydrogens is 635 g/mol. The number of carbonyl (C=O) groups excluding carboxylic acids is 2. The third kappa shape index (κ3) is 4.49. The highest BCUT2D eigenvalue weighted by molar-refractivity contribution is 7.61. The summed E-state index contributed by atoms with van der Waals surface area (Å²) in [7, 11) is -5.22. The molecule has 0 spiro atoms. The molecule has 3 saturated heterocycles. The first kappa shape index (κ1) is 28.8. The smallest absolute Gasteiger partial charge is 0.359 e. The number of ether oxygens (including phenoxy) is 3. The monoisotopic (exact) mass is 664 g/mol. The molecule has 1 aromatic carbocycles. The Morgan fingerprint density at radius 2 is 1.51 bits per heavy atom. The Morgan fingerprint density at radius 1 is 0.851 bits per heavy atom. The van der Waals surface area contributed by atoms with Gasteiger partial charge in [0.05, 0.1) is 73.2 Å². The minimum Gasteiger partial charge on any atom is -0.432 e. The Balaban J connectivity index is 1.42. The van der Waals surface area contributed by atoms with Crippen molar-refractivity contribution in [1.82, 2.24) is 15.0 Å². The molecule has 0 radical (unpaired) electrons. The Labute approximate surface area is 265 Å². The summed E-state index contributed by atoms with van der Waals surface area (Å²) in [6.45, 7) is 3.13. The molecule has 3 fully saturated rings. The van der Waals surface area contributed by atoms with Crippen molar-refractivity contribution < 1.29 is 42.6 Å². The Hall–Kier alpha value is -4.38. The van der Waals surface area contributed by atoms with Crippen molar-refractivity contribution in [3.05, 3.63) is 18.3 Å². The summed E-state index contributed by atoms with van der Waals surface area (Å²) in [6, 6.07) is 3.55. The number of fused-ring (bicyclic) bond motifs is 12. The van der Waals surface area contributed by atoms with Crippen molar-refractivity contribution in [2.75, 3.05) is 91.0 Å². The van der Waals surface area contributed by atoms with E-state index in [4.69, 9.17) is 28.6 Å². The number of benzene rings is 1. The molecule has 5 aliphatic rings. The number of furan rings is 1. The summed E-state index contributed by atoms with van der Waals surface area (Å²) in [5, 5.41) is 5.88. The molecule has 9 rings (SSSR count). The summed E-state index contributed by atoms with van der Waals surface area (Å²) < 4.78 is 37.1. The number of nitrogens with zero attached hydrogens (tertiary/aromatic N) is 6. The van der Waals surface area contributed by atoms with E-state index in [1.165, 1.54) is 0 Å². The van der Waals surface area contributed by atoms with E-state index in [1.807, 2.05) is 14.7 Å². The highest BCUT2D eigenvalue weighted by Crippen LogP contribution is 2.55. The van der Waals surface area contributed by atoms with E-state index in [1.54, 1.807) is 18.3 Å². The molecule has 0 aliphatic carbocycles. The molecule has 2 atom stereocenters. The van der Waals surface area contributed by atoms with E-state index in [0.29, 0.717) is 73.1 Å². The first-order chi connectivity index (χ1) is 22.8. The molecule has 4 N–H and O–H groups in total. The van der Waals surface area contributed by atoms with Gasteiger partial charge in [0.25, 0.3) is 11.8 Å². The molecule has 17 nitrogen and oxygen atoms in total. The van der Waals surface area contributed by atoms with Gasteiger partial charge in [0.1, 0.15) is 10.8 Å². The normalized spacial score (nSPS) is 22.8. The second kappa shape index (κ2) is 10.6. The zero-order chi connectivity index (χ0) is 32.0. The Morgan fingerprint density at radius 3 is 2.21 bits per heavy atom. The van der Waals surface area contributed by atoms with Gasteiger partial charge >= 0.3 is 7.60 Å². The molecule has 2 unspecified atom stereocenters. The number of hydrogen-bond acceptors (Lipinski definition) is 13. The number of morpholine rings is 3. The number of pyridine rings is 1. The maximum atomic E-state index is 13.8. The number of carbonyl (C=O) groups is 2. The lowest BCUT2D eigenvalue weighted by molar-refractivity contribution is -0.128. The predicted molar refractivity (Wildman–Crippen MR) is 168 cm³/mol.